The van der Waals surface area contributed by atoms with Gasteiger partial charge in [-0.1, -0.05) is 17.7 Å². The van der Waals surface area contributed by atoms with Crippen molar-refractivity contribution in [3.8, 4) is 0 Å². The van der Waals surface area contributed by atoms with Crippen molar-refractivity contribution in [2.75, 3.05) is 9.62 Å². The molecule has 0 unspecified atom stereocenters. The summed E-state index contributed by atoms with van der Waals surface area (Å²) in [5.74, 6) is -4.13. The van der Waals surface area contributed by atoms with Gasteiger partial charge in [-0.3, -0.25) is 14.3 Å². The first-order chi connectivity index (χ1) is 17.0. The quantitative estimate of drug-likeness (QED) is 0.305. The van der Waals surface area contributed by atoms with Gasteiger partial charge in [0.1, 0.15) is 5.82 Å². The Bertz CT molecular complexity index is 1570. The number of alkyl halides is 6. The maximum atomic E-state index is 13.6. The van der Waals surface area contributed by atoms with Crippen LogP contribution in [0.1, 0.15) is 31.8 Å². The van der Waals surface area contributed by atoms with Gasteiger partial charge in [0.2, 0.25) is 0 Å². The Kier molecular flexibility index (Phi) is 6.23. The van der Waals surface area contributed by atoms with Crippen LogP contribution in [0.5, 0.6) is 0 Å². The van der Waals surface area contributed by atoms with E-state index in [1.54, 1.807) is 0 Å². The Balaban J connectivity index is 1.78. The number of benzene rings is 3. The maximum absolute atomic E-state index is 13.6. The molecule has 3 aromatic carbocycles. The number of amides is 2. The average Bonchev–Trinajstić information content (AvgIpc) is 3.05. The Morgan fingerprint density at radius 2 is 1.46 bits per heavy atom. The third-order valence-electron chi connectivity index (χ3n) is 5.22. The van der Waals surface area contributed by atoms with Gasteiger partial charge in [0.15, 0.2) is 0 Å². The van der Waals surface area contributed by atoms with Crippen LogP contribution >= 0.6 is 11.6 Å². The number of hydrogen-bond donors (Lipinski definition) is 1. The molecule has 0 atom stereocenters. The van der Waals surface area contributed by atoms with Crippen molar-refractivity contribution in [3.05, 3.63) is 87.7 Å². The molecule has 15 heteroatoms. The second kappa shape index (κ2) is 8.73. The minimum atomic E-state index is -5.22. The Morgan fingerprint density at radius 1 is 0.811 bits per heavy atom. The molecular formula is C22H10ClF7N2O4S. The van der Waals surface area contributed by atoms with E-state index in [0.717, 1.165) is 24.3 Å². The van der Waals surface area contributed by atoms with Crippen LogP contribution in [0.25, 0.3) is 0 Å². The second-order valence-electron chi connectivity index (χ2n) is 7.58. The molecule has 2 amide bonds. The molecule has 0 aromatic heterocycles. The fourth-order valence-electron chi connectivity index (χ4n) is 3.56. The normalized spacial score (nSPS) is 14.2. The molecule has 37 heavy (non-hydrogen) atoms. The predicted octanol–water partition coefficient (Wildman–Crippen LogP) is 6.12. The largest absolute Gasteiger partial charge is 0.419 e. The number of carbonyl (C=O) groups excluding carboxylic acids is 2. The number of rotatable bonds is 4. The third-order valence-corrected chi connectivity index (χ3v) is 6.90. The summed E-state index contributed by atoms with van der Waals surface area (Å²) in [5, 5.41) is -0.341. The number of fused-ring (bicyclic) bond motifs is 1. The van der Waals surface area contributed by atoms with E-state index in [2.05, 4.69) is 0 Å². The predicted molar refractivity (Wildman–Crippen MR) is 116 cm³/mol. The number of imide groups is 1. The highest BCUT2D eigenvalue weighted by molar-refractivity contribution is 7.92. The molecular weight excluding hydrogens is 557 g/mol. The van der Waals surface area contributed by atoms with Crippen LogP contribution in [-0.2, 0) is 22.4 Å². The zero-order chi connectivity index (χ0) is 27.5. The molecule has 6 nitrogen and oxygen atoms in total. The van der Waals surface area contributed by atoms with Crippen molar-refractivity contribution in [1.29, 1.82) is 0 Å². The summed E-state index contributed by atoms with van der Waals surface area (Å²) in [6.45, 7) is 0. The van der Waals surface area contributed by atoms with Crippen LogP contribution in [0.2, 0.25) is 5.02 Å². The minimum absolute atomic E-state index is 0.0374. The van der Waals surface area contributed by atoms with E-state index < -0.39 is 78.5 Å². The van der Waals surface area contributed by atoms with Crippen molar-refractivity contribution >= 4 is 44.8 Å². The van der Waals surface area contributed by atoms with Gasteiger partial charge in [0.25, 0.3) is 21.8 Å². The first-order valence-electron chi connectivity index (χ1n) is 9.80. The van der Waals surface area contributed by atoms with E-state index in [0.29, 0.717) is 23.1 Å². The molecule has 1 heterocycles. The lowest BCUT2D eigenvalue weighted by atomic mass is 10.1. The van der Waals surface area contributed by atoms with Gasteiger partial charge < -0.3 is 0 Å². The van der Waals surface area contributed by atoms with Crippen molar-refractivity contribution in [1.82, 2.24) is 0 Å². The molecule has 1 N–H and O–H groups in total. The minimum Gasteiger partial charge on any atom is -0.279 e. The lowest BCUT2D eigenvalue weighted by Gasteiger charge is -2.16. The van der Waals surface area contributed by atoms with Crippen LogP contribution in [0.3, 0.4) is 0 Å². The zero-order valence-corrected chi connectivity index (χ0v) is 19.3. The Morgan fingerprint density at radius 3 is 2.08 bits per heavy atom. The van der Waals surface area contributed by atoms with Crippen molar-refractivity contribution in [2.45, 2.75) is 17.2 Å². The summed E-state index contributed by atoms with van der Waals surface area (Å²) in [4.78, 5) is 25.4. The highest BCUT2D eigenvalue weighted by Gasteiger charge is 2.42. The molecule has 1 aliphatic rings. The third kappa shape index (κ3) is 4.73. The number of halogens is 8. The molecule has 4 rings (SSSR count). The van der Waals surface area contributed by atoms with Crippen LogP contribution < -0.4 is 9.62 Å². The van der Waals surface area contributed by atoms with E-state index in [-0.39, 0.29) is 17.2 Å². The van der Waals surface area contributed by atoms with E-state index in [9.17, 15) is 48.7 Å². The van der Waals surface area contributed by atoms with Gasteiger partial charge in [-0.25, -0.2) is 17.7 Å². The molecule has 0 fully saturated rings. The van der Waals surface area contributed by atoms with Crippen LogP contribution in [0, 0.1) is 5.82 Å². The van der Waals surface area contributed by atoms with Gasteiger partial charge >= 0.3 is 12.4 Å². The van der Waals surface area contributed by atoms with E-state index in [4.69, 9.17) is 11.6 Å². The first kappa shape index (κ1) is 26.4. The average molecular weight is 567 g/mol. The highest BCUT2D eigenvalue weighted by atomic mass is 35.5. The van der Waals surface area contributed by atoms with Crippen LogP contribution in [0.4, 0.5) is 42.1 Å². The highest BCUT2D eigenvalue weighted by Crippen LogP contribution is 2.40. The first-order valence-corrected chi connectivity index (χ1v) is 11.7. The summed E-state index contributed by atoms with van der Waals surface area (Å²) >= 11 is 6.01. The maximum Gasteiger partial charge on any atom is 0.419 e. The topological polar surface area (TPSA) is 83.5 Å². The number of sulfonamides is 1. The lowest BCUT2D eigenvalue weighted by Crippen LogP contribution is -2.30. The number of nitrogens with one attached hydrogen (secondary N) is 1. The van der Waals surface area contributed by atoms with Crippen molar-refractivity contribution in [2.24, 2.45) is 0 Å². The number of anilines is 2. The molecule has 0 saturated carbocycles. The molecule has 0 aliphatic carbocycles. The van der Waals surface area contributed by atoms with Crippen molar-refractivity contribution < 1.29 is 48.7 Å². The molecule has 194 valence electrons. The fourth-order valence-corrected chi connectivity index (χ4v) is 4.89. The summed E-state index contributed by atoms with van der Waals surface area (Å²) in [5.41, 5.74) is -5.30. The number of nitrogens with zero attached hydrogens (tertiary/aromatic N) is 1. The molecule has 0 saturated heterocycles. The Labute approximate surface area is 208 Å². The van der Waals surface area contributed by atoms with Gasteiger partial charge in [0, 0.05) is 0 Å². The molecule has 0 bridgehead atoms. The van der Waals surface area contributed by atoms with Crippen LogP contribution in [0.15, 0.2) is 59.5 Å². The molecule has 1 aliphatic heterocycles. The van der Waals surface area contributed by atoms with Crippen LogP contribution in [-0.4, -0.2) is 20.2 Å². The van der Waals surface area contributed by atoms with Gasteiger partial charge in [-0.15, -0.1) is 0 Å². The zero-order valence-electron chi connectivity index (χ0n) is 17.7. The monoisotopic (exact) mass is 566 g/mol. The van der Waals surface area contributed by atoms with E-state index in [1.165, 1.54) is 0 Å². The Hall–Kier alpha value is -3.65. The SMILES string of the molecule is O=C1c2c(Cl)ccc(NS(=O)(=O)c3ccc(F)c(C(F)(F)F)c3)c2C(=O)N1c1cccc(C(F)(F)F)c1. The molecule has 0 spiro atoms. The smallest absolute Gasteiger partial charge is 0.279 e. The summed E-state index contributed by atoms with van der Waals surface area (Å²) in [6, 6.07) is 6.02. The standard InChI is InChI=1S/C22H10ClF7N2O4S/c23-14-5-7-16(31-37(35,36)12-4-6-15(24)13(9-12)22(28,29)30)18-17(14)19(33)32(20(18)34)11-3-1-2-10(8-11)21(25,26)27/h1-9,31H. The van der Waals surface area contributed by atoms with E-state index >= 15 is 0 Å². The molecule has 3 aromatic rings. The lowest BCUT2D eigenvalue weighted by molar-refractivity contribution is -0.140. The van der Waals surface area contributed by atoms with Gasteiger partial charge in [0.05, 0.1) is 43.5 Å². The fraction of sp³-hybridized carbons (Fsp3) is 0.0909. The van der Waals surface area contributed by atoms with Gasteiger partial charge in [-0.2, -0.15) is 26.3 Å². The number of carbonyl (C=O) groups is 2. The van der Waals surface area contributed by atoms with Crippen molar-refractivity contribution in [3.63, 3.8) is 0 Å². The van der Waals surface area contributed by atoms with E-state index in [1.807, 2.05) is 4.72 Å². The summed E-state index contributed by atoms with van der Waals surface area (Å²) in [7, 11) is -4.89. The van der Waals surface area contributed by atoms with Gasteiger partial charge in [-0.05, 0) is 48.5 Å². The molecule has 0 radical (unpaired) electrons. The second-order valence-corrected chi connectivity index (χ2v) is 9.67. The summed E-state index contributed by atoms with van der Waals surface area (Å²) in [6.07, 6.45) is -10.0. The number of hydrogen-bond acceptors (Lipinski definition) is 4. The summed E-state index contributed by atoms with van der Waals surface area (Å²) < 4.78 is 120.